The molecule has 32 heavy (non-hydrogen) atoms. The summed E-state index contributed by atoms with van der Waals surface area (Å²) >= 11 is 0. The van der Waals surface area contributed by atoms with Gasteiger partial charge in [-0.1, -0.05) is 20.8 Å². The zero-order valence-corrected chi connectivity index (χ0v) is 21.8. The van der Waals surface area contributed by atoms with Crippen LogP contribution in [0.4, 0.5) is 0 Å². The van der Waals surface area contributed by atoms with Gasteiger partial charge < -0.3 is 37.6 Å². The van der Waals surface area contributed by atoms with Crippen molar-refractivity contribution >= 4 is 8.32 Å². The molecule has 9 heteroatoms. The van der Waals surface area contributed by atoms with Crippen molar-refractivity contribution in [3.63, 3.8) is 0 Å². The molecule has 0 amide bonds. The lowest BCUT2D eigenvalue weighted by Gasteiger charge is -2.60. The van der Waals surface area contributed by atoms with Crippen LogP contribution in [0.25, 0.3) is 0 Å². The summed E-state index contributed by atoms with van der Waals surface area (Å²) in [6.07, 6.45) is -0.385. The van der Waals surface area contributed by atoms with Crippen LogP contribution in [0.5, 0.6) is 5.75 Å². The Morgan fingerprint density at radius 2 is 1.47 bits per heavy atom. The Morgan fingerprint density at radius 1 is 0.906 bits per heavy atom. The molecule has 0 aromatic heterocycles. The highest BCUT2D eigenvalue weighted by molar-refractivity contribution is 6.74. The van der Waals surface area contributed by atoms with Gasteiger partial charge in [0.1, 0.15) is 11.9 Å². The highest BCUT2D eigenvalue weighted by atomic mass is 28.4. The molecule has 1 aromatic rings. The predicted molar refractivity (Wildman–Crippen MR) is 119 cm³/mol. The van der Waals surface area contributed by atoms with Crippen LogP contribution in [0.15, 0.2) is 6.07 Å². The smallest absolute Gasteiger partial charge is 0.255 e. The van der Waals surface area contributed by atoms with Crippen molar-refractivity contribution < 1.29 is 37.6 Å². The van der Waals surface area contributed by atoms with E-state index in [2.05, 4.69) is 33.9 Å². The summed E-state index contributed by atoms with van der Waals surface area (Å²) in [7, 11) is 5.72. The highest BCUT2D eigenvalue weighted by Gasteiger charge is 2.74. The summed E-state index contributed by atoms with van der Waals surface area (Å²) in [5, 5.41) is -0.0748. The fraction of sp³-hybridized carbons (Fsp3) is 0.739. The van der Waals surface area contributed by atoms with Gasteiger partial charge in [0, 0.05) is 34.0 Å². The van der Waals surface area contributed by atoms with Gasteiger partial charge in [0.05, 0.1) is 31.5 Å². The molecule has 1 fully saturated rings. The van der Waals surface area contributed by atoms with E-state index in [4.69, 9.17) is 37.6 Å². The molecule has 2 aliphatic carbocycles. The Labute approximate surface area is 191 Å². The molecule has 1 spiro atoms. The lowest BCUT2D eigenvalue weighted by Crippen LogP contribution is -2.68. The normalized spacial score (nSPS) is 27.5. The average molecular weight is 469 g/mol. The summed E-state index contributed by atoms with van der Waals surface area (Å²) in [6.45, 7) is 11.8. The van der Waals surface area contributed by atoms with Crippen molar-refractivity contribution in [2.45, 2.75) is 62.4 Å². The van der Waals surface area contributed by atoms with E-state index in [1.54, 1.807) is 35.5 Å². The molecular weight excluding hydrogens is 432 g/mol. The molecule has 1 heterocycles. The third-order valence-electron chi connectivity index (χ3n) is 7.63. The van der Waals surface area contributed by atoms with Crippen LogP contribution in [0, 0.1) is 0 Å². The largest absolute Gasteiger partial charge is 0.496 e. The van der Waals surface area contributed by atoms with E-state index in [1.165, 1.54) is 0 Å². The van der Waals surface area contributed by atoms with Crippen LogP contribution in [-0.2, 0) is 50.2 Å². The van der Waals surface area contributed by atoms with E-state index in [-0.39, 0.29) is 11.1 Å². The zero-order chi connectivity index (χ0) is 23.7. The second-order valence-electron chi connectivity index (χ2n) is 9.98. The molecule has 0 radical (unpaired) electrons. The lowest BCUT2D eigenvalue weighted by molar-refractivity contribution is -0.416. The molecule has 0 N–H and O–H groups in total. The number of hydrogen-bond donors (Lipinski definition) is 0. The Balaban J connectivity index is 1.99. The van der Waals surface area contributed by atoms with E-state index in [0.29, 0.717) is 19.0 Å². The molecule has 8 nitrogen and oxygen atoms in total. The number of methoxy groups -OCH3 is 5. The monoisotopic (exact) mass is 468 g/mol. The van der Waals surface area contributed by atoms with Gasteiger partial charge in [-0.3, -0.25) is 0 Å². The van der Waals surface area contributed by atoms with Gasteiger partial charge in [-0.05, 0) is 29.8 Å². The zero-order valence-electron chi connectivity index (χ0n) is 20.8. The number of fused-ring (bicyclic) bond motifs is 3. The number of rotatable bonds is 7. The second kappa shape index (κ2) is 7.48. The van der Waals surface area contributed by atoms with Gasteiger partial charge in [0.25, 0.3) is 11.6 Å². The first-order valence-electron chi connectivity index (χ1n) is 10.9. The Kier molecular flexibility index (Phi) is 5.63. The van der Waals surface area contributed by atoms with Gasteiger partial charge >= 0.3 is 0 Å². The molecule has 0 saturated carbocycles. The van der Waals surface area contributed by atoms with Crippen LogP contribution in [0.2, 0.25) is 18.1 Å². The first kappa shape index (κ1) is 24.1. The topological polar surface area (TPSA) is 73.8 Å². The maximum Gasteiger partial charge on any atom is 0.255 e. The van der Waals surface area contributed by atoms with E-state index in [0.717, 1.165) is 22.3 Å². The van der Waals surface area contributed by atoms with Gasteiger partial charge in [-0.2, -0.15) is 0 Å². The number of ether oxygens (including phenoxy) is 7. The SMILES string of the molecule is COc1c2c(cc3c1C(OC)(O[Si](C)(C)C(C)(C)C)C3(OC)OC)C(OC)C21OCCO1. The van der Waals surface area contributed by atoms with Gasteiger partial charge in [0.2, 0.25) is 5.79 Å². The lowest BCUT2D eigenvalue weighted by atomic mass is 9.66. The van der Waals surface area contributed by atoms with Crippen LogP contribution >= 0.6 is 0 Å². The molecule has 1 aromatic carbocycles. The number of hydrogen-bond acceptors (Lipinski definition) is 8. The minimum Gasteiger partial charge on any atom is -0.496 e. The van der Waals surface area contributed by atoms with Crippen molar-refractivity contribution in [1.82, 2.24) is 0 Å². The highest BCUT2D eigenvalue weighted by Crippen LogP contribution is 2.69. The molecule has 4 rings (SSSR count). The van der Waals surface area contributed by atoms with E-state index in [1.807, 2.05) is 6.07 Å². The van der Waals surface area contributed by atoms with Crippen molar-refractivity contribution in [1.29, 1.82) is 0 Å². The van der Waals surface area contributed by atoms with Crippen LogP contribution in [-0.4, -0.2) is 57.1 Å². The van der Waals surface area contributed by atoms with Gasteiger partial charge in [-0.15, -0.1) is 0 Å². The van der Waals surface area contributed by atoms with Crippen LogP contribution in [0.3, 0.4) is 0 Å². The summed E-state index contributed by atoms with van der Waals surface area (Å²) in [6, 6.07) is 2.01. The molecule has 0 bridgehead atoms. The molecule has 2 atom stereocenters. The van der Waals surface area contributed by atoms with Crippen LogP contribution < -0.4 is 4.74 Å². The van der Waals surface area contributed by atoms with E-state index < -0.39 is 25.7 Å². The van der Waals surface area contributed by atoms with Crippen molar-refractivity contribution in [3.05, 3.63) is 28.3 Å². The standard InChI is InChI=1S/C23H36O8Si/c1-20(2,3)32(9,10)31-23(28-8)17-15(22(23,26-6)27-7)13-14-16(18(17)24-4)21(19(14)25-5)29-11-12-30-21/h13,19H,11-12H2,1-10H3. The quantitative estimate of drug-likeness (QED) is 0.441. The molecular formula is C23H36O8Si. The average Bonchev–Trinajstić information content (AvgIpc) is 3.23. The Morgan fingerprint density at radius 3 is 1.91 bits per heavy atom. The Bertz CT molecular complexity index is 898. The van der Waals surface area contributed by atoms with E-state index in [9.17, 15) is 0 Å². The van der Waals surface area contributed by atoms with Gasteiger partial charge in [0.15, 0.2) is 8.32 Å². The first-order valence-corrected chi connectivity index (χ1v) is 13.8. The maximum atomic E-state index is 6.94. The molecule has 1 saturated heterocycles. The molecule has 180 valence electrons. The summed E-state index contributed by atoms with van der Waals surface area (Å²) in [5.74, 6) is -3.00. The number of benzene rings is 1. The predicted octanol–water partition coefficient (Wildman–Crippen LogP) is 3.88. The third-order valence-corrected chi connectivity index (χ3v) is 12.0. The maximum absolute atomic E-state index is 6.94. The first-order chi connectivity index (χ1) is 15.0. The van der Waals surface area contributed by atoms with Crippen molar-refractivity contribution in [2.24, 2.45) is 0 Å². The summed E-state index contributed by atoms with van der Waals surface area (Å²) in [4.78, 5) is 0. The summed E-state index contributed by atoms with van der Waals surface area (Å²) in [5.41, 5.74) is 3.25. The van der Waals surface area contributed by atoms with Gasteiger partial charge in [-0.25, -0.2) is 0 Å². The molecule has 2 unspecified atom stereocenters. The second-order valence-corrected chi connectivity index (χ2v) is 14.7. The fourth-order valence-electron chi connectivity index (χ4n) is 5.06. The minimum absolute atomic E-state index is 0.0748. The van der Waals surface area contributed by atoms with Crippen molar-refractivity contribution in [3.8, 4) is 5.75 Å². The van der Waals surface area contributed by atoms with Crippen molar-refractivity contribution in [2.75, 3.05) is 48.8 Å². The Hall–Kier alpha value is -1.04. The van der Waals surface area contributed by atoms with E-state index >= 15 is 0 Å². The molecule has 3 aliphatic rings. The minimum atomic E-state index is -2.36. The van der Waals surface area contributed by atoms with Crippen LogP contribution in [0.1, 0.15) is 49.1 Å². The third kappa shape index (κ3) is 2.62. The fourth-order valence-corrected chi connectivity index (χ4v) is 6.40. The molecule has 1 aliphatic heterocycles. The summed E-state index contributed by atoms with van der Waals surface area (Å²) < 4.78 is 49.0.